The lowest BCUT2D eigenvalue weighted by Crippen LogP contribution is -2.13. The van der Waals surface area contributed by atoms with Crippen LogP contribution in [0.3, 0.4) is 0 Å². The molecule has 1 aromatic carbocycles. The summed E-state index contributed by atoms with van der Waals surface area (Å²) in [5.74, 6) is 0.372. The van der Waals surface area contributed by atoms with Crippen LogP contribution in [0, 0.1) is 13.8 Å². The SMILES string of the molecule is CCCCC(=O)Cc1c(C)cc(C(C)(C)C)cc1C. The van der Waals surface area contributed by atoms with Crippen LogP contribution in [-0.2, 0) is 16.6 Å². The highest BCUT2D eigenvalue weighted by atomic mass is 16.1. The van der Waals surface area contributed by atoms with Gasteiger partial charge in [0.15, 0.2) is 0 Å². The van der Waals surface area contributed by atoms with Crippen LogP contribution in [0.25, 0.3) is 0 Å². The molecule has 0 atom stereocenters. The highest BCUT2D eigenvalue weighted by Gasteiger charge is 2.17. The van der Waals surface area contributed by atoms with Gasteiger partial charge in [-0.05, 0) is 47.9 Å². The molecule has 19 heavy (non-hydrogen) atoms. The number of hydrogen-bond acceptors (Lipinski definition) is 1. The molecule has 0 spiro atoms. The average molecular weight is 260 g/mol. The standard InChI is InChI=1S/C18H28O/c1-7-8-9-16(19)12-17-13(2)10-15(11-14(17)3)18(4,5)6/h10-11H,7-9,12H2,1-6H3. The molecule has 0 amide bonds. The van der Waals surface area contributed by atoms with Crippen LogP contribution in [0.1, 0.15) is 69.2 Å². The van der Waals surface area contributed by atoms with Crippen molar-refractivity contribution in [2.75, 3.05) is 0 Å². The molecule has 0 aliphatic rings. The third-order valence-electron chi connectivity index (χ3n) is 3.75. The first-order chi connectivity index (χ1) is 8.75. The summed E-state index contributed by atoms with van der Waals surface area (Å²) in [4.78, 5) is 12.0. The Labute approximate surface area is 118 Å². The highest BCUT2D eigenvalue weighted by Crippen LogP contribution is 2.27. The van der Waals surface area contributed by atoms with Crippen LogP contribution < -0.4 is 0 Å². The lowest BCUT2D eigenvalue weighted by molar-refractivity contribution is -0.118. The van der Waals surface area contributed by atoms with Crippen molar-refractivity contribution in [3.8, 4) is 0 Å². The van der Waals surface area contributed by atoms with Gasteiger partial charge in [-0.25, -0.2) is 0 Å². The smallest absolute Gasteiger partial charge is 0.137 e. The Morgan fingerprint density at radius 2 is 1.63 bits per heavy atom. The Morgan fingerprint density at radius 3 is 2.05 bits per heavy atom. The van der Waals surface area contributed by atoms with Gasteiger partial charge in [-0.2, -0.15) is 0 Å². The topological polar surface area (TPSA) is 17.1 Å². The van der Waals surface area contributed by atoms with Crippen molar-refractivity contribution < 1.29 is 4.79 Å². The minimum absolute atomic E-state index is 0.167. The number of aryl methyl sites for hydroxylation is 2. The fourth-order valence-electron chi connectivity index (χ4n) is 2.36. The van der Waals surface area contributed by atoms with Crippen molar-refractivity contribution in [1.29, 1.82) is 0 Å². The fourth-order valence-corrected chi connectivity index (χ4v) is 2.36. The minimum Gasteiger partial charge on any atom is -0.299 e. The van der Waals surface area contributed by atoms with Crippen molar-refractivity contribution in [1.82, 2.24) is 0 Å². The van der Waals surface area contributed by atoms with E-state index in [9.17, 15) is 4.79 Å². The van der Waals surface area contributed by atoms with Crippen molar-refractivity contribution in [3.63, 3.8) is 0 Å². The third-order valence-corrected chi connectivity index (χ3v) is 3.75. The zero-order valence-corrected chi connectivity index (χ0v) is 13.4. The summed E-state index contributed by atoms with van der Waals surface area (Å²) in [5.41, 5.74) is 5.27. The van der Waals surface area contributed by atoms with Gasteiger partial charge in [-0.1, -0.05) is 46.2 Å². The number of ketones is 1. The number of rotatable bonds is 5. The average Bonchev–Trinajstić information content (AvgIpc) is 2.29. The van der Waals surface area contributed by atoms with E-state index < -0.39 is 0 Å². The summed E-state index contributed by atoms with van der Waals surface area (Å²) in [6.45, 7) is 13.1. The van der Waals surface area contributed by atoms with Gasteiger partial charge in [0.1, 0.15) is 5.78 Å². The maximum Gasteiger partial charge on any atom is 0.137 e. The van der Waals surface area contributed by atoms with Gasteiger partial charge in [-0.3, -0.25) is 4.79 Å². The van der Waals surface area contributed by atoms with E-state index >= 15 is 0 Å². The van der Waals surface area contributed by atoms with Gasteiger partial charge in [0.05, 0.1) is 0 Å². The van der Waals surface area contributed by atoms with E-state index in [1.165, 1.54) is 22.3 Å². The summed E-state index contributed by atoms with van der Waals surface area (Å²) < 4.78 is 0. The summed E-state index contributed by atoms with van der Waals surface area (Å²) in [5, 5.41) is 0. The molecule has 1 nitrogen and oxygen atoms in total. The summed E-state index contributed by atoms with van der Waals surface area (Å²) in [7, 11) is 0. The number of hydrogen-bond donors (Lipinski definition) is 0. The molecule has 0 N–H and O–H groups in total. The first kappa shape index (κ1) is 15.9. The van der Waals surface area contributed by atoms with Gasteiger partial charge in [-0.15, -0.1) is 0 Å². The number of unbranched alkanes of at least 4 members (excludes halogenated alkanes) is 1. The zero-order chi connectivity index (χ0) is 14.6. The molecule has 0 radical (unpaired) electrons. The second kappa shape index (κ2) is 6.36. The number of benzene rings is 1. The molecular weight excluding hydrogens is 232 g/mol. The monoisotopic (exact) mass is 260 g/mol. The zero-order valence-electron chi connectivity index (χ0n) is 13.4. The van der Waals surface area contributed by atoms with Gasteiger partial charge in [0.2, 0.25) is 0 Å². The molecule has 0 aromatic heterocycles. The minimum atomic E-state index is 0.167. The highest BCUT2D eigenvalue weighted by molar-refractivity contribution is 5.81. The quantitative estimate of drug-likeness (QED) is 0.735. The molecule has 0 heterocycles. The van der Waals surface area contributed by atoms with E-state index in [0.29, 0.717) is 12.2 Å². The van der Waals surface area contributed by atoms with Gasteiger partial charge in [0, 0.05) is 12.8 Å². The van der Waals surface area contributed by atoms with Crippen LogP contribution in [-0.4, -0.2) is 5.78 Å². The Bertz CT molecular complexity index is 426. The molecule has 1 heteroatoms. The lowest BCUT2D eigenvalue weighted by atomic mass is 9.83. The predicted octanol–water partition coefficient (Wildman–Crippen LogP) is 4.90. The van der Waals surface area contributed by atoms with Crippen LogP contribution in [0.5, 0.6) is 0 Å². The van der Waals surface area contributed by atoms with E-state index in [1.54, 1.807) is 0 Å². The normalized spacial score (nSPS) is 11.7. The Morgan fingerprint density at radius 1 is 1.11 bits per heavy atom. The third kappa shape index (κ3) is 4.49. The fraction of sp³-hybridized carbons (Fsp3) is 0.611. The molecule has 106 valence electrons. The Kier molecular flexibility index (Phi) is 5.34. The first-order valence-corrected chi connectivity index (χ1v) is 7.38. The van der Waals surface area contributed by atoms with Crippen LogP contribution in [0.15, 0.2) is 12.1 Å². The molecule has 1 aromatic rings. The maximum absolute atomic E-state index is 12.0. The van der Waals surface area contributed by atoms with Gasteiger partial charge in [0.25, 0.3) is 0 Å². The molecule has 0 aliphatic carbocycles. The lowest BCUT2D eigenvalue weighted by Gasteiger charge is -2.22. The van der Waals surface area contributed by atoms with Crippen molar-refractivity contribution >= 4 is 5.78 Å². The molecule has 0 bridgehead atoms. The van der Waals surface area contributed by atoms with Crippen molar-refractivity contribution in [2.45, 2.75) is 72.6 Å². The molecular formula is C18H28O. The molecule has 0 saturated carbocycles. The van der Waals surface area contributed by atoms with E-state index in [4.69, 9.17) is 0 Å². The van der Waals surface area contributed by atoms with Crippen molar-refractivity contribution in [2.24, 2.45) is 0 Å². The predicted molar refractivity (Wildman–Crippen MR) is 82.9 cm³/mol. The number of carbonyl (C=O) groups is 1. The van der Waals surface area contributed by atoms with Crippen molar-refractivity contribution in [3.05, 3.63) is 34.4 Å². The maximum atomic E-state index is 12.0. The molecule has 0 unspecified atom stereocenters. The largest absolute Gasteiger partial charge is 0.299 e. The number of Topliss-reactive ketones (excluding diaryl/α,β-unsaturated/α-hetero) is 1. The van der Waals surface area contributed by atoms with Gasteiger partial charge >= 0.3 is 0 Å². The Balaban J connectivity index is 2.95. The first-order valence-electron chi connectivity index (χ1n) is 7.38. The van der Waals surface area contributed by atoms with Gasteiger partial charge < -0.3 is 0 Å². The van der Waals surface area contributed by atoms with E-state index in [1.807, 2.05) is 0 Å². The molecule has 0 aliphatic heterocycles. The second-order valence-electron chi connectivity index (χ2n) is 6.66. The van der Waals surface area contributed by atoms with E-state index in [0.717, 1.165) is 19.3 Å². The number of carbonyl (C=O) groups excluding carboxylic acids is 1. The van der Waals surface area contributed by atoms with E-state index in [2.05, 4.69) is 53.7 Å². The molecule has 0 saturated heterocycles. The summed E-state index contributed by atoms with van der Waals surface area (Å²) in [6.07, 6.45) is 3.42. The summed E-state index contributed by atoms with van der Waals surface area (Å²) in [6, 6.07) is 4.49. The Hall–Kier alpha value is -1.11. The second-order valence-corrected chi connectivity index (χ2v) is 6.66. The van der Waals surface area contributed by atoms with Crippen LogP contribution >= 0.6 is 0 Å². The van der Waals surface area contributed by atoms with Crippen LogP contribution in [0.2, 0.25) is 0 Å². The van der Waals surface area contributed by atoms with E-state index in [-0.39, 0.29) is 5.41 Å². The van der Waals surface area contributed by atoms with Crippen LogP contribution in [0.4, 0.5) is 0 Å². The molecule has 1 rings (SSSR count). The molecule has 0 fully saturated rings. The summed E-state index contributed by atoms with van der Waals surface area (Å²) >= 11 is 0.